The van der Waals surface area contributed by atoms with Crippen LogP contribution in [0.1, 0.15) is 37.6 Å². The van der Waals surface area contributed by atoms with E-state index in [2.05, 4.69) is 19.9 Å². The summed E-state index contributed by atoms with van der Waals surface area (Å²) < 4.78 is 6.01. The molecule has 1 aromatic carbocycles. The van der Waals surface area contributed by atoms with E-state index in [4.69, 9.17) is 10.00 Å². The average Bonchev–Trinajstić information content (AvgIpc) is 2.38. The van der Waals surface area contributed by atoms with E-state index in [9.17, 15) is 4.79 Å². The summed E-state index contributed by atoms with van der Waals surface area (Å²) in [5.74, 6) is 0.811. The monoisotopic (exact) mass is 257 g/mol. The van der Waals surface area contributed by atoms with Gasteiger partial charge in [-0.25, -0.2) is 0 Å². The lowest BCUT2D eigenvalue weighted by Gasteiger charge is -2.37. The van der Waals surface area contributed by atoms with Gasteiger partial charge >= 0.3 is 0 Å². The Morgan fingerprint density at radius 2 is 2.00 bits per heavy atom. The lowest BCUT2D eigenvalue weighted by atomic mass is 9.76. The maximum Gasteiger partial charge on any atom is 0.173 e. The molecule has 3 nitrogen and oxygen atoms in total. The van der Waals surface area contributed by atoms with Crippen LogP contribution in [0.3, 0.4) is 0 Å². The van der Waals surface area contributed by atoms with Gasteiger partial charge < -0.3 is 4.74 Å². The predicted octanol–water partition coefficient (Wildman–Crippen LogP) is 3.45. The van der Waals surface area contributed by atoms with Gasteiger partial charge in [0.15, 0.2) is 5.78 Å². The summed E-state index contributed by atoms with van der Waals surface area (Å²) in [5, 5.41) is 8.87. The Hall–Kier alpha value is -1.82. The summed E-state index contributed by atoms with van der Waals surface area (Å²) >= 11 is 0. The molecule has 0 N–H and O–H groups in total. The van der Waals surface area contributed by atoms with Crippen LogP contribution in [0.4, 0.5) is 0 Å². The van der Waals surface area contributed by atoms with Crippen LogP contribution in [0.25, 0.3) is 0 Å². The molecule has 0 radical (unpaired) electrons. The number of ether oxygens (including phenoxy) is 1. The van der Waals surface area contributed by atoms with E-state index in [1.54, 1.807) is 6.07 Å². The number of rotatable bonds is 3. The van der Waals surface area contributed by atoms with Crippen LogP contribution in [-0.2, 0) is 0 Å². The van der Waals surface area contributed by atoms with Gasteiger partial charge in [0.05, 0.1) is 17.6 Å². The number of benzene rings is 1. The fraction of sp³-hybridized carbons (Fsp3) is 0.500. The summed E-state index contributed by atoms with van der Waals surface area (Å²) in [6.07, 6.45) is 0.233. The Balaban J connectivity index is 2.41. The van der Waals surface area contributed by atoms with Crippen LogP contribution < -0.4 is 4.74 Å². The number of hydrogen-bond acceptors (Lipinski definition) is 3. The fourth-order valence-corrected chi connectivity index (χ4v) is 2.73. The molecule has 100 valence electrons. The highest BCUT2D eigenvalue weighted by Gasteiger charge is 2.41. The number of nitriles is 1. The van der Waals surface area contributed by atoms with Crippen molar-refractivity contribution in [1.29, 1.82) is 5.26 Å². The van der Waals surface area contributed by atoms with E-state index in [1.165, 1.54) is 0 Å². The van der Waals surface area contributed by atoms with Crippen molar-refractivity contribution in [3.8, 4) is 11.8 Å². The molecule has 0 aliphatic carbocycles. The second-order valence-corrected chi connectivity index (χ2v) is 5.55. The van der Waals surface area contributed by atoms with Gasteiger partial charge in [-0.05, 0) is 24.0 Å². The first-order valence-electron chi connectivity index (χ1n) is 6.73. The summed E-state index contributed by atoms with van der Waals surface area (Å²) in [5.41, 5.74) is 0.647. The molecular formula is C16H19NO2. The minimum atomic E-state index is -0.227. The van der Waals surface area contributed by atoms with Crippen LogP contribution in [0.2, 0.25) is 0 Å². The van der Waals surface area contributed by atoms with Crippen molar-refractivity contribution in [2.24, 2.45) is 17.8 Å². The molecule has 0 amide bonds. The van der Waals surface area contributed by atoms with E-state index in [0.717, 1.165) is 0 Å². The molecule has 0 aromatic heterocycles. The molecule has 1 aliphatic heterocycles. The Morgan fingerprint density at radius 3 is 2.63 bits per heavy atom. The summed E-state index contributed by atoms with van der Waals surface area (Å²) in [4.78, 5) is 12.7. The van der Waals surface area contributed by atoms with Gasteiger partial charge in [-0.2, -0.15) is 5.26 Å². The van der Waals surface area contributed by atoms with Crippen LogP contribution in [0.15, 0.2) is 24.3 Å². The second-order valence-electron chi connectivity index (χ2n) is 5.55. The molecule has 2 rings (SSSR count). The van der Waals surface area contributed by atoms with Crippen molar-refractivity contribution in [3.63, 3.8) is 0 Å². The highest BCUT2D eigenvalue weighted by atomic mass is 16.5. The Kier molecular flexibility index (Phi) is 3.90. The van der Waals surface area contributed by atoms with E-state index in [1.807, 2.05) is 25.1 Å². The van der Waals surface area contributed by atoms with Crippen LogP contribution in [-0.4, -0.2) is 11.9 Å². The summed E-state index contributed by atoms with van der Waals surface area (Å²) in [7, 11) is 0. The molecule has 3 atom stereocenters. The number of fused-ring (bicyclic) bond motifs is 1. The van der Waals surface area contributed by atoms with Gasteiger partial charge in [-0.15, -0.1) is 0 Å². The zero-order valence-electron chi connectivity index (χ0n) is 11.6. The molecule has 3 heteroatoms. The number of carbonyl (C=O) groups excluding carboxylic acids is 1. The maximum absolute atomic E-state index is 12.7. The highest BCUT2D eigenvalue weighted by molar-refractivity contribution is 6.01. The molecule has 0 saturated heterocycles. The van der Waals surface area contributed by atoms with Crippen molar-refractivity contribution in [3.05, 3.63) is 29.8 Å². The molecule has 0 fully saturated rings. The Bertz CT molecular complexity index is 516. The lowest BCUT2D eigenvalue weighted by Crippen LogP contribution is -2.44. The third-order valence-electron chi connectivity index (χ3n) is 3.76. The number of ketones is 1. The van der Waals surface area contributed by atoms with Crippen LogP contribution in [0.5, 0.6) is 5.75 Å². The van der Waals surface area contributed by atoms with E-state index < -0.39 is 0 Å². The Morgan fingerprint density at radius 1 is 1.32 bits per heavy atom. The van der Waals surface area contributed by atoms with Gasteiger partial charge in [0, 0.05) is 6.42 Å². The van der Waals surface area contributed by atoms with E-state index in [-0.39, 0.29) is 29.6 Å². The molecular weight excluding hydrogens is 238 g/mol. The summed E-state index contributed by atoms with van der Waals surface area (Å²) in [6.45, 7) is 6.06. The van der Waals surface area contributed by atoms with Crippen molar-refractivity contribution in [2.45, 2.75) is 33.3 Å². The largest absolute Gasteiger partial charge is 0.489 e. The first kappa shape index (κ1) is 13.6. The summed E-state index contributed by atoms with van der Waals surface area (Å²) in [6, 6.07) is 9.53. The van der Waals surface area contributed by atoms with Crippen molar-refractivity contribution in [1.82, 2.24) is 0 Å². The molecule has 1 heterocycles. The minimum absolute atomic E-state index is 0.0123. The van der Waals surface area contributed by atoms with Gasteiger partial charge in [0.1, 0.15) is 11.9 Å². The minimum Gasteiger partial charge on any atom is -0.489 e. The van der Waals surface area contributed by atoms with Gasteiger partial charge in [-0.3, -0.25) is 4.79 Å². The van der Waals surface area contributed by atoms with Gasteiger partial charge in [-0.1, -0.05) is 32.9 Å². The SMILES string of the molecule is CC(C)C1Oc2ccccc2C(=O)C1C(C)CC#N. The average molecular weight is 257 g/mol. The standard InChI is InChI=1S/C16H19NO2/c1-10(2)16-14(11(3)8-9-17)15(18)12-6-4-5-7-13(12)19-16/h4-7,10-11,14,16H,8H2,1-3H3. The molecule has 1 aliphatic rings. The van der Waals surface area contributed by atoms with Crippen LogP contribution in [0, 0.1) is 29.1 Å². The van der Waals surface area contributed by atoms with Crippen molar-refractivity contribution < 1.29 is 9.53 Å². The zero-order chi connectivity index (χ0) is 14.0. The fourth-order valence-electron chi connectivity index (χ4n) is 2.73. The molecule has 19 heavy (non-hydrogen) atoms. The number of hydrogen-bond donors (Lipinski definition) is 0. The smallest absolute Gasteiger partial charge is 0.173 e. The van der Waals surface area contributed by atoms with Gasteiger partial charge in [0.25, 0.3) is 0 Å². The van der Waals surface area contributed by atoms with Crippen molar-refractivity contribution >= 4 is 5.78 Å². The third kappa shape index (κ3) is 2.49. The zero-order valence-corrected chi connectivity index (χ0v) is 11.6. The Labute approximate surface area is 114 Å². The number of para-hydroxylation sites is 1. The number of Topliss-reactive ketones (excluding diaryl/α,β-unsaturated/α-hetero) is 1. The van der Waals surface area contributed by atoms with Crippen molar-refractivity contribution in [2.75, 3.05) is 0 Å². The molecule has 0 spiro atoms. The first-order chi connectivity index (χ1) is 9.06. The quantitative estimate of drug-likeness (QED) is 0.833. The van der Waals surface area contributed by atoms with Gasteiger partial charge in [0.2, 0.25) is 0 Å². The maximum atomic E-state index is 12.7. The molecule has 0 saturated carbocycles. The molecule has 0 bridgehead atoms. The number of nitrogens with zero attached hydrogens (tertiary/aromatic N) is 1. The molecule has 3 unspecified atom stereocenters. The number of carbonyl (C=O) groups is 1. The first-order valence-corrected chi connectivity index (χ1v) is 6.73. The normalized spacial score (nSPS) is 23.4. The van der Waals surface area contributed by atoms with E-state index >= 15 is 0 Å². The topological polar surface area (TPSA) is 50.1 Å². The highest BCUT2D eigenvalue weighted by Crippen LogP contribution is 2.37. The third-order valence-corrected chi connectivity index (χ3v) is 3.76. The predicted molar refractivity (Wildman–Crippen MR) is 72.9 cm³/mol. The second kappa shape index (κ2) is 5.44. The lowest BCUT2D eigenvalue weighted by molar-refractivity contribution is 0.0371. The van der Waals surface area contributed by atoms with E-state index in [0.29, 0.717) is 17.7 Å². The van der Waals surface area contributed by atoms with Crippen LogP contribution >= 0.6 is 0 Å². The molecule has 1 aromatic rings.